The van der Waals surface area contributed by atoms with Crippen molar-refractivity contribution < 1.29 is 13.2 Å². The van der Waals surface area contributed by atoms with Crippen LogP contribution in [0.1, 0.15) is 20.3 Å². The van der Waals surface area contributed by atoms with Gasteiger partial charge in [0.2, 0.25) is 0 Å². The Morgan fingerprint density at radius 1 is 1.23 bits per heavy atom. The summed E-state index contributed by atoms with van der Waals surface area (Å²) in [6.07, 6.45) is -3.23. The number of halogens is 3. The van der Waals surface area contributed by atoms with Crippen molar-refractivity contribution in [2.45, 2.75) is 32.5 Å². The fraction of sp³-hybridized carbons (Fsp3) is 1.00. The minimum absolute atomic E-state index is 0.0833. The normalized spacial score (nSPS) is 37.8. The van der Waals surface area contributed by atoms with Gasteiger partial charge in [-0.3, -0.25) is 0 Å². The molecular weight excluding hydrogens is 179 g/mol. The van der Waals surface area contributed by atoms with Gasteiger partial charge in [-0.2, -0.15) is 13.2 Å². The fourth-order valence-electron chi connectivity index (χ4n) is 2.25. The van der Waals surface area contributed by atoms with Crippen LogP contribution in [0.2, 0.25) is 0 Å². The van der Waals surface area contributed by atoms with Gasteiger partial charge in [-0.25, -0.2) is 0 Å². The quantitative estimate of drug-likeness (QED) is 0.574. The Morgan fingerprint density at radius 2 is 1.77 bits per heavy atom. The molecule has 1 nitrogen and oxygen atoms in total. The first kappa shape index (κ1) is 10.8. The monoisotopic (exact) mass is 195 g/mol. The van der Waals surface area contributed by atoms with Crippen LogP contribution in [0, 0.1) is 11.8 Å². The molecule has 0 aromatic heterocycles. The lowest BCUT2D eigenvalue weighted by molar-refractivity contribution is -0.156. The maximum Gasteiger partial charge on any atom is 0.393 e. The predicted molar refractivity (Wildman–Crippen MR) is 45.4 cm³/mol. The molecule has 2 aliphatic rings. The highest BCUT2D eigenvalue weighted by Crippen LogP contribution is 2.57. The van der Waals surface area contributed by atoms with Gasteiger partial charge in [0.1, 0.15) is 0 Å². The van der Waals surface area contributed by atoms with E-state index in [1.807, 2.05) is 18.7 Å². The molecule has 0 aromatic carbocycles. The topological polar surface area (TPSA) is 3.24 Å². The van der Waals surface area contributed by atoms with Crippen molar-refractivity contribution in [2.75, 3.05) is 13.6 Å². The van der Waals surface area contributed by atoms with Crippen LogP contribution in [0.3, 0.4) is 0 Å². The summed E-state index contributed by atoms with van der Waals surface area (Å²) in [6.45, 7) is 4.84. The standard InChI is InChI=1S/C7H10F3N.C2H6/c1-11-3-2-4-5(6(4)11)7(8,9)10;1-2/h4-6H,2-3H2,1H3;1-2H3. The van der Waals surface area contributed by atoms with Gasteiger partial charge in [0.05, 0.1) is 5.92 Å². The molecule has 0 amide bonds. The number of alkyl halides is 3. The summed E-state index contributed by atoms with van der Waals surface area (Å²) < 4.78 is 36.3. The zero-order chi connectivity index (χ0) is 10.2. The first-order chi connectivity index (χ1) is 6.02. The lowest BCUT2D eigenvalue weighted by Crippen LogP contribution is -2.26. The molecule has 1 saturated carbocycles. The van der Waals surface area contributed by atoms with Crippen molar-refractivity contribution >= 4 is 0 Å². The molecule has 1 heterocycles. The van der Waals surface area contributed by atoms with Gasteiger partial charge in [-0.1, -0.05) is 13.8 Å². The summed E-state index contributed by atoms with van der Waals surface area (Å²) in [6, 6.07) is -0.185. The lowest BCUT2D eigenvalue weighted by Gasteiger charge is -2.14. The Morgan fingerprint density at radius 3 is 2.00 bits per heavy atom. The zero-order valence-corrected chi connectivity index (χ0v) is 8.23. The molecule has 78 valence electrons. The molecule has 0 spiro atoms. The Bertz CT molecular complexity index is 178. The minimum atomic E-state index is -3.95. The number of nitrogens with zero attached hydrogens (tertiary/aromatic N) is 1. The molecule has 0 radical (unpaired) electrons. The molecule has 1 aliphatic carbocycles. The number of rotatable bonds is 0. The minimum Gasteiger partial charge on any atom is -0.302 e. The molecule has 0 aromatic rings. The Balaban J connectivity index is 0.000000396. The molecule has 4 heteroatoms. The third kappa shape index (κ3) is 1.82. The summed E-state index contributed by atoms with van der Waals surface area (Å²) in [5.41, 5.74) is 0. The van der Waals surface area contributed by atoms with E-state index < -0.39 is 12.1 Å². The van der Waals surface area contributed by atoms with Gasteiger partial charge in [-0.15, -0.1) is 0 Å². The number of piperidine rings is 1. The van der Waals surface area contributed by atoms with Crippen molar-refractivity contribution in [2.24, 2.45) is 11.8 Å². The van der Waals surface area contributed by atoms with Crippen LogP contribution in [0.4, 0.5) is 13.2 Å². The smallest absolute Gasteiger partial charge is 0.302 e. The lowest BCUT2D eigenvalue weighted by atomic mass is 10.2. The van der Waals surface area contributed by atoms with Gasteiger partial charge in [-0.05, 0) is 25.9 Å². The van der Waals surface area contributed by atoms with E-state index in [9.17, 15) is 13.2 Å². The number of likely N-dealkylation sites (tertiary alicyclic amines) is 1. The number of hydrogen-bond donors (Lipinski definition) is 0. The van der Waals surface area contributed by atoms with Gasteiger partial charge in [0, 0.05) is 6.04 Å². The van der Waals surface area contributed by atoms with Gasteiger partial charge < -0.3 is 4.90 Å². The Hall–Kier alpha value is -0.250. The molecular formula is C9H16F3N. The molecule has 1 aliphatic heterocycles. The molecule has 3 atom stereocenters. The van der Waals surface area contributed by atoms with Crippen molar-refractivity contribution in [1.29, 1.82) is 0 Å². The van der Waals surface area contributed by atoms with E-state index in [4.69, 9.17) is 0 Å². The van der Waals surface area contributed by atoms with Crippen LogP contribution in [-0.2, 0) is 0 Å². The van der Waals surface area contributed by atoms with E-state index in [0.29, 0.717) is 0 Å². The van der Waals surface area contributed by atoms with Crippen LogP contribution in [0.15, 0.2) is 0 Å². The average Bonchev–Trinajstić information content (AvgIpc) is 2.69. The molecule has 0 bridgehead atoms. The van der Waals surface area contributed by atoms with E-state index >= 15 is 0 Å². The van der Waals surface area contributed by atoms with Crippen LogP contribution in [0.25, 0.3) is 0 Å². The maximum absolute atomic E-state index is 12.1. The van der Waals surface area contributed by atoms with E-state index in [1.165, 1.54) is 0 Å². The molecule has 2 fully saturated rings. The first-order valence-corrected chi connectivity index (χ1v) is 4.79. The number of hydrogen-bond acceptors (Lipinski definition) is 1. The average molecular weight is 195 g/mol. The fourth-order valence-corrected chi connectivity index (χ4v) is 2.25. The van der Waals surface area contributed by atoms with Crippen molar-refractivity contribution in [3.05, 3.63) is 0 Å². The third-order valence-electron chi connectivity index (χ3n) is 2.83. The first-order valence-electron chi connectivity index (χ1n) is 4.79. The second-order valence-corrected chi connectivity index (χ2v) is 3.49. The van der Waals surface area contributed by atoms with Crippen molar-refractivity contribution in [3.8, 4) is 0 Å². The summed E-state index contributed by atoms with van der Waals surface area (Å²) in [7, 11) is 1.77. The van der Waals surface area contributed by atoms with Crippen molar-refractivity contribution in [1.82, 2.24) is 4.90 Å². The second-order valence-electron chi connectivity index (χ2n) is 3.49. The van der Waals surface area contributed by atoms with Crippen LogP contribution < -0.4 is 0 Å². The largest absolute Gasteiger partial charge is 0.393 e. The highest BCUT2D eigenvalue weighted by atomic mass is 19.4. The van der Waals surface area contributed by atoms with E-state index in [-0.39, 0.29) is 12.0 Å². The van der Waals surface area contributed by atoms with Crippen LogP contribution in [0.5, 0.6) is 0 Å². The molecule has 2 rings (SSSR count). The van der Waals surface area contributed by atoms with Gasteiger partial charge in [0.15, 0.2) is 0 Å². The van der Waals surface area contributed by atoms with Gasteiger partial charge >= 0.3 is 6.18 Å². The van der Waals surface area contributed by atoms with E-state index in [0.717, 1.165) is 13.0 Å². The van der Waals surface area contributed by atoms with E-state index in [1.54, 1.807) is 7.05 Å². The molecule has 3 unspecified atom stereocenters. The SMILES string of the molecule is CC.CN1CCC2C1C2C(F)(F)F. The molecule has 0 N–H and O–H groups in total. The summed E-state index contributed by atoms with van der Waals surface area (Å²) in [4.78, 5) is 1.82. The second kappa shape index (κ2) is 3.48. The van der Waals surface area contributed by atoms with Crippen LogP contribution in [-0.4, -0.2) is 30.7 Å². The summed E-state index contributed by atoms with van der Waals surface area (Å²) in [5, 5.41) is 0. The zero-order valence-electron chi connectivity index (χ0n) is 8.23. The van der Waals surface area contributed by atoms with Crippen molar-refractivity contribution in [3.63, 3.8) is 0 Å². The Labute approximate surface area is 76.9 Å². The third-order valence-corrected chi connectivity index (χ3v) is 2.83. The highest BCUT2D eigenvalue weighted by molar-refractivity contribution is 5.10. The number of fused-ring (bicyclic) bond motifs is 1. The summed E-state index contributed by atoms with van der Waals surface area (Å²) in [5.74, 6) is -1.10. The van der Waals surface area contributed by atoms with Gasteiger partial charge in [0.25, 0.3) is 0 Å². The van der Waals surface area contributed by atoms with Crippen LogP contribution >= 0.6 is 0 Å². The Kier molecular flexibility index (Phi) is 2.90. The van der Waals surface area contributed by atoms with E-state index in [2.05, 4.69) is 0 Å². The summed E-state index contributed by atoms with van der Waals surface area (Å²) >= 11 is 0. The molecule has 1 saturated heterocycles. The highest BCUT2D eigenvalue weighted by Gasteiger charge is 2.67. The molecule has 13 heavy (non-hydrogen) atoms. The maximum atomic E-state index is 12.1. The predicted octanol–water partition coefficient (Wildman–Crippen LogP) is 2.53.